The van der Waals surface area contributed by atoms with Gasteiger partial charge in [0, 0.05) is 12.6 Å². The van der Waals surface area contributed by atoms with Crippen LogP contribution in [0.3, 0.4) is 0 Å². The van der Waals surface area contributed by atoms with Crippen molar-refractivity contribution in [3.63, 3.8) is 0 Å². The van der Waals surface area contributed by atoms with E-state index in [4.69, 9.17) is 14.9 Å². The van der Waals surface area contributed by atoms with Crippen molar-refractivity contribution in [1.29, 1.82) is 5.41 Å². The molecule has 0 atom stereocenters. The van der Waals surface area contributed by atoms with Crippen LogP contribution in [0.25, 0.3) is 0 Å². The molecule has 1 aromatic heterocycles. The Morgan fingerprint density at radius 1 is 1.04 bits per heavy atom. The van der Waals surface area contributed by atoms with E-state index in [1.165, 1.54) is 5.56 Å². The van der Waals surface area contributed by atoms with Crippen molar-refractivity contribution in [2.45, 2.75) is 20.0 Å². The highest BCUT2D eigenvalue weighted by Gasteiger charge is 2.09. The Balaban J connectivity index is 0.00000280. The van der Waals surface area contributed by atoms with E-state index in [2.05, 4.69) is 23.3 Å². The van der Waals surface area contributed by atoms with Gasteiger partial charge < -0.3 is 14.8 Å². The van der Waals surface area contributed by atoms with Gasteiger partial charge in [-0.15, -0.1) is 12.4 Å². The third kappa shape index (κ3) is 5.72. The molecule has 3 rings (SSSR count). The lowest BCUT2D eigenvalue weighted by Crippen LogP contribution is -2.15. The molecular weight excluding hydrogens is 374 g/mol. The number of rotatable bonds is 7. The van der Waals surface area contributed by atoms with E-state index in [1.54, 1.807) is 13.3 Å². The van der Waals surface area contributed by atoms with Gasteiger partial charge in [0.15, 0.2) is 11.6 Å². The van der Waals surface area contributed by atoms with E-state index in [1.807, 2.05) is 54.6 Å². The van der Waals surface area contributed by atoms with Gasteiger partial charge in [-0.1, -0.05) is 36.4 Å². The van der Waals surface area contributed by atoms with Crippen LogP contribution in [0.1, 0.15) is 16.7 Å². The van der Waals surface area contributed by atoms with Gasteiger partial charge in [-0.05, 0) is 47.9 Å². The second-order valence-electron chi connectivity index (χ2n) is 6.19. The molecule has 28 heavy (non-hydrogen) atoms. The van der Waals surface area contributed by atoms with Crippen molar-refractivity contribution < 1.29 is 9.47 Å². The molecule has 0 bridgehead atoms. The fourth-order valence-corrected chi connectivity index (χ4v) is 2.66. The largest absolute Gasteiger partial charge is 0.497 e. The first-order valence-electron chi connectivity index (χ1n) is 8.75. The van der Waals surface area contributed by atoms with E-state index in [-0.39, 0.29) is 12.4 Å². The molecule has 0 saturated heterocycles. The van der Waals surface area contributed by atoms with Gasteiger partial charge in [0.2, 0.25) is 0 Å². The molecule has 0 fully saturated rings. The predicted molar refractivity (Wildman–Crippen MR) is 115 cm³/mol. The molecular formula is C22H24ClN3O2. The minimum absolute atomic E-state index is 0. The van der Waals surface area contributed by atoms with Crippen LogP contribution in [0.4, 0.5) is 5.82 Å². The second kappa shape index (κ2) is 10.3. The van der Waals surface area contributed by atoms with E-state index in [9.17, 15) is 0 Å². The van der Waals surface area contributed by atoms with E-state index >= 15 is 0 Å². The molecule has 0 amide bonds. The van der Waals surface area contributed by atoms with Crippen molar-refractivity contribution in [1.82, 2.24) is 4.98 Å². The highest BCUT2D eigenvalue weighted by Crippen LogP contribution is 2.23. The average Bonchev–Trinajstić information content (AvgIpc) is 2.69. The minimum Gasteiger partial charge on any atom is -0.497 e. The standard InChI is InChI=1S/C22H23N3O2.ClH/c1-16-6-3-4-7-18(16)15-27-20-8-5-13-24-22(20)25-21(23)14-17-9-11-19(26-2)12-10-17;/h3-13H,14-15H2,1-2H3,(H2,23,24,25);1H. The van der Waals surface area contributed by atoms with Crippen LogP contribution in [0, 0.1) is 12.3 Å². The number of methoxy groups -OCH3 is 1. The summed E-state index contributed by atoms with van der Waals surface area (Å²) in [6.07, 6.45) is 2.15. The van der Waals surface area contributed by atoms with Gasteiger partial charge in [-0.25, -0.2) is 4.98 Å². The number of halogens is 1. The zero-order valence-electron chi connectivity index (χ0n) is 15.9. The topological polar surface area (TPSA) is 67.2 Å². The Kier molecular flexibility index (Phi) is 7.84. The second-order valence-corrected chi connectivity index (χ2v) is 6.19. The number of ether oxygens (including phenoxy) is 2. The van der Waals surface area contributed by atoms with Crippen LogP contribution in [0.2, 0.25) is 0 Å². The van der Waals surface area contributed by atoms with Crippen molar-refractivity contribution in [3.05, 3.63) is 83.6 Å². The normalized spacial score (nSPS) is 9.93. The first kappa shape index (κ1) is 21.3. The molecule has 2 aromatic carbocycles. The maximum atomic E-state index is 8.25. The molecule has 146 valence electrons. The maximum absolute atomic E-state index is 8.25. The summed E-state index contributed by atoms with van der Waals surface area (Å²) in [6, 6.07) is 19.5. The number of benzene rings is 2. The fourth-order valence-electron chi connectivity index (χ4n) is 2.66. The van der Waals surface area contributed by atoms with Crippen molar-refractivity contribution in [3.8, 4) is 11.5 Å². The number of anilines is 1. The van der Waals surface area contributed by atoms with Crippen LogP contribution < -0.4 is 14.8 Å². The summed E-state index contributed by atoms with van der Waals surface area (Å²) in [5.74, 6) is 2.32. The minimum atomic E-state index is 0. The maximum Gasteiger partial charge on any atom is 0.174 e. The van der Waals surface area contributed by atoms with Crippen molar-refractivity contribution >= 4 is 24.1 Å². The zero-order chi connectivity index (χ0) is 19.1. The lowest BCUT2D eigenvalue weighted by molar-refractivity contribution is 0.306. The van der Waals surface area contributed by atoms with E-state index in [0.29, 0.717) is 30.4 Å². The van der Waals surface area contributed by atoms with Crippen molar-refractivity contribution in [2.24, 2.45) is 0 Å². The molecule has 0 radical (unpaired) electrons. The van der Waals surface area contributed by atoms with Crippen LogP contribution in [0.5, 0.6) is 11.5 Å². The summed E-state index contributed by atoms with van der Waals surface area (Å²) in [4.78, 5) is 4.33. The summed E-state index contributed by atoms with van der Waals surface area (Å²) in [5.41, 5.74) is 3.33. The Bertz CT molecular complexity index is 914. The molecule has 2 N–H and O–H groups in total. The average molecular weight is 398 g/mol. The summed E-state index contributed by atoms with van der Waals surface area (Å²) in [5, 5.41) is 11.3. The monoisotopic (exact) mass is 397 g/mol. The van der Waals surface area contributed by atoms with Gasteiger partial charge in [0.25, 0.3) is 0 Å². The first-order chi connectivity index (χ1) is 13.2. The molecule has 6 heteroatoms. The number of hydrogen-bond donors (Lipinski definition) is 2. The van der Waals surface area contributed by atoms with Gasteiger partial charge in [0.1, 0.15) is 18.2 Å². The first-order valence-corrected chi connectivity index (χ1v) is 8.75. The molecule has 0 aliphatic heterocycles. The number of pyridine rings is 1. The van der Waals surface area contributed by atoms with E-state index in [0.717, 1.165) is 16.9 Å². The zero-order valence-corrected chi connectivity index (χ0v) is 16.8. The molecule has 0 saturated carbocycles. The number of aromatic nitrogens is 1. The van der Waals surface area contributed by atoms with Gasteiger partial charge in [0.05, 0.1) is 7.11 Å². The molecule has 1 heterocycles. The van der Waals surface area contributed by atoms with Crippen LogP contribution in [-0.4, -0.2) is 17.9 Å². The quantitative estimate of drug-likeness (QED) is 0.433. The van der Waals surface area contributed by atoms with Gasteiger partial charge in [-0.2, -0.15) is 0 Å². The summed E-state index contributed by atoms with van der Waals surface area (Å²) < 4.78 is 11.1. The Hall–Kier alpha value is -3.05. The molecule has 0 aliphatic rings. The Morgan fingerprint density at radius 2 is 1.79 bits per heavy atom. The number of hydrogen-bond acceptors (Lipinski definition) is 4. The predicted octanol–water partition coefficient (Wildman–Crippen LogP) is 5.03. The number of nitrogens with one attached hydrogen (secondary N) is 2. The summed E-state index contributed by atoms with van der Waals surface area (Å²) in [6.45, 7) is 2.52. The van der Waals surface area contributed by atoms with Crippen molar-refractivity contribution in [2.75, 3.05) is 12.4 Å². The highest BCUT2D eigenvalue weighted by atomic mass is 35.5. The lowest BCUT2D eigenvalue weighted by atomic mass is 10.1. The van der Waals surface area contributed by atoms with Crippen LogP contribution >= 0.6 is 12.4 Å². The lowest BCUT2D eigenvalue weighted by Gasteiger charge is -2.14. The van der Waals surface area contributed by atoms with Gasteiger partial charge in [-0.3, -0.25) is 5.41 Å². The Morgan fingerprint density at radius 3 is 2.50 bits per heavy atom. The Labute approximate surface area is 171 Å². The van der Waals surface area contributed by atoms with Crippen LogP contribution in [-0.2, 0) is 13.0 Å². The third-order valence-corrected chi connectivity index (χ3v) is 4.22. The molecule has 3 aromatic rings. The molecule has 5 nitrogen and oxygen atoms in total. The summed E-state index contributed by atoms with van der Waals surface area (Å²) in [7, 11) is 1.64. The fraction of sp³-hybridized carbons (Fsp3) is 0.182. The number of amidine groups is 1. The molecule has 0 aliphatic carbocycles. The van der Waals surface area contributed by atoms with E-state index < -0.39 is 0 Å². The summed E-state index contributed by atoms with van der Waals surface area (Å²) >= 11 is 0. The van der Waals surface area contributed by atoms with Gasteiger partial charge >= 0.3 is 0 Å². The highest BCUT2D eigenvalue weighted by molar-refractivity contribution is 5.94. The molecule has 0 spiro atoms. The third-order valence-electron chi connectivity index (χ3n) is 4.22. The smallest absolute Gasteiger partial charge is 0.174 e. The SMILES string of the molecule is COc1ccc(CC(=N)Nc2ncccc2OCc2ccccc2C)cc1.Cl. The number of nitrogens with zero attached hydrogens (tertiary/aromatic N) is 1. The number of aryl methyl sites for hydroxylation is 1. The molecule has 0 unspecified atom stereocenters. The van der Waals surface area contributed by atoms with Crippen LogP contribution in [0.15, 0.2) is 66.9 Å².